The molecule has 13 heavy (non-hydrogen) atoms. The highest BCUT2D eigenvalue weighted by Gasteiger charge is 2.20. The summed E-state index contributed by atoms with van der Waals surface area (Å²) >= 11 is -2.15. The summed E-state index contributed by atoms with van der Waals surface area (Å²) in [6.45, 7) is 8.00. The van der Waals surface area contributed by atoms with Crippen molar-refractivity contribution >= 4 is 11.4 Å². The first-order valence-electron chi connectivity index (χ1n) is 4.64. The Morgan fingerprint density at radius 1 is 1.46 bits per heavy atom. The minimum absolute atomic E-state index is 0.492. The molecule has 1 unspecified atom stereocenters. The van der Waals surface area contributed by atoms with Gasteiger partial charge in [-0.15, -0.1) is 0 Å². The molecule has 0 saturated heterocycles. The lowest BCUT2D eigenvalue weighted by atomic mass is 9.98. The van der Waals surface area contributed by atoms with Crippen molar-refractivity contribution in [3.05, 3.63) is 0 Å². The summed E-state index contributed by atoms with van der Waals surface area (Å²) in [5.74, 6) is 0.676. The molecule has 0 aliphatic heterocycles. The van der Waals surface area contributed by atoms with E-state index < -0.39 is 17.0 Å². The minimum Gasteiger partial charge on any atom is -0.284 e. The largest absolute Gasteiger partial charge is 0.302 e. The van der Waals surface area contributed by atoms with Crippen LogP contribution in [0.4, 0.5) is 0 Å². The second-order valence-electron chi connectivity index (χ2n) is 4.35. The van der Waals surface area contributed by atoms with Gasteiger partial charge in [-0.05, 0) is 26.2 Å². The topological polar surface area (TPSA) is 46.5 Å². The average molecular weight is 208 g/mol. The summed E-state index contributed by atoms with van der Waals surface area (Å²) in [7, 11) is 0. The summed E-state index contributed by atoms with van der Waals surface area (Å²) < 4.78 is 23.8. The van der Waals surface area contributed by atoms with Gasteiger partial charge in [0, 0.05) is 0 Å². The summed E-state index contributed by atoms with van der Waals surface area (Å²) in [4.78, 5) is 0. The summed E-state index contributed by atoms with van der Waals surface area (Å²) in [6.07, 6.45) is 2.98. The fourth-order valence-electron chi connectivity index (χ4n) is 1.17. The van der Waals surface area contributed by atoms with Crippen LogP contribution in [0.25, 0.3) is 0 Å². The predicted octanol–water partition coefficient (Wildman–Crippen LogP) is 2.74. The molecule has 0 aromatic rings. The molecular weight excluding hydrogens is 188 g/mol. The van der Waals surface area contributed by atoms with Gasteiger partial charge >= 0.3 is 11.4 Å². The molecule has 80 valence electrons. The van der Waals surface area contributed by atoms with E-state index in [2.05, 4.69) is 13.8 Å². The number of hydrogen-bond donors (Lipinski definition) is 1. The molecule has 0 aliphatic rings. The zero-order valence-corrected chi connectivity index (χ0v) is 9.69. The first-order valence-corrected chi connectivity index (χ1v) is 5.67. The molecule has 4 heteroatoms. The molecule has 1 atom stereocenters. The standard InChI is InChI=1S/C9H20O3S/c1-8(2)6-5-7-9(3,4)12-13(10)11/h8H,5-7H2,1-4H3,(H,10,11). The average Bonchev–Trinajstić information content (AvgIpc) is 1.81. The molecule has 0 radical (unpaired) electrons. The Morgan fingerprint density at radius 3 is 2.38 bits per heavy atom. The Balaban J connectivity index is 3.69. The van der Waals surface area contributed by atoms with E-state index in [0.717, 1.165) is 19.3 Å². The van der Waals surface area contributed by atoms with Crippen LogP contribution in [0.15, 0.2) is 0 Å². The van der Waals surface area contributed by atoms with Gasteiger partial charge in [0.25, 0.3) is 0 Å². The summed E-state index contributed by atoms with van der Waals surface area (Å²) in [5, 5.41) is 0. The fraction of sp³-hybridized carbons (Fsp3) is 1.00. The van der Waals surface area contributed by atoms with Crippen LogP contribution in [0.1, 0.15) is 47.0 Å². The Hall–Kier alpha value is 0.0700. The molecule has 1 N–H and O–H groups in total. The van der Waals surface area contributed by atoms with Gasteiger partial charge in [-0.1, -0.05) is 26.7 Å². The minimum atomic E-state index is -2.15. The maximum Gasteiger partial charge on any atom is 0.302 e. The molecule has 0 fully saturated rings. The van der Waals surface area contributed by atoms with Crippen molar-refractivity contribution in [2.45, 2.75) is 52.6 Å². The van der Waals surface area contributed by atoms with Crippen molar-refractivity contribution in [2.24, 2.45) is 5.92 Å². The van der Waals surface area contributed by atoms with E-state index in [-0.39, 0.29) is 0 Å². The SMILES string of the molecule is CC(C)CCCC(C)(C)OS(=O)O. The van der Waals surface area contributed by atoms with Crippen LogP contribution >= 0.6 is 0 Å². The third-order valence-electron chi connectivity index (χ3n) is 1.86. The lowest BCUT2D eigenvalue weighted by molar-refractivity contribution is 0.100. The highest BCUT2D eigenvalue weighted by atomic mass is 32.2. The zero-order valence-electron chi connectivity index (χ0n) is 8.87. The third kappa shape index (κ3) is 8.40. The Morgan fingerprint density at radius 2 is 2.00 bits per heavy atom. The second kappa shape index (κ2) is 5.73. The number of hydrogen-bond acceptors (Lipinski definition) is 2. The zero-order chi connectivity index (χ0) is 10.5. The molecule has 0 aromatic heterocycles. The highest BCUT2D eigenvalue weighted by molar-refractivity contribution is 7.74. The van der Waals surface area contributed by atoms with Crippen LogP contribution in [0.3, 0.4) is 0 Å². The third-order valence-corrected chi connectivity index (χ3v) is 2.45. The van der Waals surface area contributed by atoms with Gasteiger partial charge < -0.3 is 0 Å². The first kappa shape index (κ1) is 13.1. The molecule has 0 bridgehead atoms. The Kier molecular flexibility index (Phi) is 5.76. The molecular formula is C9H20O3S. The molecule has 3 nitrogen and oxygen atoms in total. The molecule has 0 aromatic carbocycles. The lowest BCUT2D eigenvalue weighted by Crippen LogP contribution is -2.25. The van der Waals surface area contributed by atoms with Gasteiger partial charge in [0.15, 0.2) is 0 Å². The summed E-state index contributed by atoms with van der Waals surface area (Å²) in [6, 6.07) is 0. The second-order valence-corrected chi connectivity index (χ2v) is 4.95. The van der Waals surface area contributed by atoms with E-state index in [0.29, 0.717) is 5.92 Å². The van der Waals surface area contributed by atoms with Crippen LogP contribution in [-0.2, 0) is 15.5 Å². The molecule has 0 amide bonds. The lowest BCUT2D eigenvalue weighted by Gasteiger charge is -2.22. The van der Waals surface area contributed by atoms with Gasteiger partial charge in [0.1, 0.15) is 0 Å². The molecule has 0 saturated carbocycles. The van der Waals surface area contributed by atoms with Gasteiger partial charge in [-0.2, -0.15) is 4.21 Å². The van der Waals surface area contributed by atoms with Crippen molar-refractivity contribution in [2.75, 3.05) is 0 Å². The maximum atomic E-state index is 10.4. The Bertz CT molecular complexity index is 166. The quantitative estimate of drug-likeness (QED) is 0.683. The van der Waals surface area contributed by atoms with Crippen molar-refractivity contribution in [1.29, 1.82) is 0 Å². The van der Waals surface area contributed by atoms with Crippen molar-refractivity contribution in [3.8, 4) is 0 Å². The van der Waals surface area contributed by atoms with E-state index in [9.17, 15) is 4.21 Å². The molecule has 0 heterocycles. The van der Waals surface area contributed by atoms with Crippen LogP contribution < -0.4 is 0 Å². The van der Waals surface area contributed by atoms with Crippen molar-refractivity contribution in [1.82, 2.24) is 0 Å². The van der Waals surface area contributed by atoms with Crippen LogP contribution in [0.2, 0.25) is 0 Å². The van der Waals surface area contributed by atoms with E-state index in [4.69, 9.17) is 8.74 Å². The smallest absolute Gasteiger partial charge is 0.284 e. The maximum absolute atomic E-state index is 10.4. The number of rotatable bonds is 6. The van der Waals surface area contributed by atoms with E-state index in [1.807, 2.05) is 13.8 Å². The molecule has 0 rings (SSSR count). The normalized spacial score (nSPS) is 14.9. The molecule has 0 aliphatic carbocycles. The van der Waals surface area contributed by atoms with Gasteiger partial charge in [-0.25, -0.2) is 0 Å². The molecule has 0 spiro atoms. The van der Waals surface area contributed by atoms with Gasteiger partial charge in [0.05, 0.1) is 5.60 Å². The highest BCUT2D eigenvalue weighted by Crippen LogP contribution is 2.20. The predicted molar refractivity (Wildman–Crippen MR) is 54.6 cm³/mol. The van der Waals surface area contributed by atoms with Crippen molar-refractivity contribution in [3.63, 3.8) is 0 Å². The van der Waals surface area contributed by atoms with Crippen LogP contribution in [0, 0.1) is 5.92 Å². The van der Waals surface area contributed by atoms with Gasteiger partial charge in [-0.3, -0.25) is 8.74 Å². The Labute approximate surface area is 83.4 Å². The van der Waals surface area contributed by atoms with Crippen LogP contribution in [0.5, 0.6) is 0 Å². The van der Waals surface area contributed by atoms with E-state index in [1.54, 1.807) is 0 Å². The first-order chi connectivity index (χ1) is 5.83. The van der Waals surface area contributed by atoms with E-state index >= 15 is 0 Å². The van der Waals surface area contributed by atoms with E-state index in [1.165, 1.54) is 0 Å². The monoisotopic (exact) mass is 208 g/mol. The fourth-order valence-corrected chi connectivity index (χ4v) is 1.64. The van der Waals surface area contributed by atoms with Crippen molar-refractivity contribution < 1.29 is 12.9 Å². The summed E-state index contributed by atoms with van der Waals surface area (Å²) in [5.41, 5.74) is -0.492. The van der Waals surface area contributed by atoms with Crippen LogP contribution in [-0.4, -0.2) is 14.4 Å². The van der Waals surface area contributed by atoms with Gasteiger partial charge in [0.2, 0.25) is 0 Å².